The molecule has 100 valence electrons. The average molecular weight is 262 g/mol. The Morgan fingerprint density at radius 1 is 1.12 bits per heavy atom. The Hall–Kier alpha value is -0.440. The van der Waals surface area contributed by atoms with Gasteiger partial charge in [-0.15, -0.1) is 11.6 Å². The van der Waals surface area contributed by atoms with Crippen LogP contribution in [0.5, 0.6) is 0 Å². The number of unbranched alkanes of at least 4 members (excludes halogenated alkanes) is 3. The number of ether oxygens (including phenoxy) is 1. The van der Waals surface area contributed by atoms with Gasteiger partial charge < -0.3 is 10.1 Å². The molecule has 0 aromatic carbocycles. The Bertz CT molecular complexity index is 206. The Kier molecular flexibility index (Phi) is 8.24. The normalized spacial score (nSPS) is 16.8. The highest BCUT2D eigenvalue weighted by Crippen LogP contribution is 2.20. The first-order valence-electron chi connectivity index (χ1n) is 6.83. The number of carbonyl (C=O) groups is 1. The topological polar surface area (TPSA) is 38.3 Å². The van der Waals surface area contributed by atoms with E-state index >= 15 is 0 Å². The van der Waals surface area contributed by atoms with Crippen LogP contribution in [0.4, 0.5) is 4.79 Å². The van der Waals surface area contributed by atoms with Gasteiger partial charge in [0.2, 0.25) is 0 Å². The van der Waals surface area contributed by atoms with Crippen LogP contribution in [-0.4, -0.2) is 24.6 Å². The fourth-order valence-corrected chi connectivity index (χ4v) is 2.33. The summed E-state index contributed by atoms with van der Waals surface area (Å²) in [5.74, 6) is 0.733. The Balaban J connectivity index is 1.93. The summed E-state index contributed by atoms with van der Waals surface area (Å²) in [5, 5.41) is 2.81. The monoisotopic (exact) mass is 261 g/mol. The lowest BCUT2D eigenvalue weighted by atomic mass is 9.98. The Morgan fingerprint density at radius 3 is 2.53 bits per heavy atom. The molecule has 0 aromatic rings. The van der Waals surface area contributed by atoms with Gasteiger partial charge in [-0.3, -0.25) is 0 Å². The highest BCUT2D eigenvalue weighted by atomic mass is 35.5. The molecule has 0 radical (unpaired) electrons. The van der Waals surface area contributed by atoms with Gasteiger partial charge in [-0.1, -0.05) is 19.3 Å². The molecule has 0 spiro atoms. The first kappa shape index (κ1) is 14.6. The van der Waals surface area contributed by atoms with Crippen LogP contribution in [0.2, 0.25) is 0 Å². The van der Waals surface area contributed by atoms with Crippen molar-refractivity contribution in [3.8, 4) is 0 Å². The number of hydrogen-bond donors (Lipinski definition) is 1. The van der Waals surface area contributed by atoms with Crippen LogP contribution in [0.1, 0.15) is 57.8 Å². The van der Waals surface area contributed by atoms with E-state index in [4.69, 9.17) is 16.3 Å². The van der Waals surface area contributed by atoms with Crippen molar-refractivity contribution in [1.82, 2.24) is 5.32 Å². The average Bonchev–Trinajstić information content (AvgIpc) is 2.35. The van der Waals surface area contributed by atoms with Crippen LogP contribution in [0, 0.1) is 0 Å². The molecule has 0 aromatic heterocycles. The van der Waals surface area contributed by atoms with Crippen LogP contribution >= 0.6 is 11.6 Å². The van der Waals surface area contributed by atoms with Crippen molar-refractivity contribution in [2.24, 2.45) is 0 Å². The second kappa shape index (κ2) is 9.58. The molecule has 1 aliphatic carbocycles. The predicted molar refractivity (Wildman–Crippen MR) is 70.5 cm³/mol. The van der Waals surface area contributed by atoms with Crippen molar-refractivity contribution >= 4 is 17.7 Å². The van der Waals surface area contributed by atoms with Gasteiger partial charge in [0, 0.05) is 12.4 Å². The quantitative estimate of drug-likeness (QED) is 0.559. The van der Waals surface area contributed by atoms with Gasteiger partial charge in [-0.2, -0.15) is 0 Å². The van der Waals surface area contributed by atoms with Crippen LogP contribution in [-0.2, 0) is 4.74 Å². The van der Waals surface area contributed by atoms with Crippen LogP contribution in [0.25, 0.3) is 0 Å². The van der Waals surface area contributed by atoms with Crippen molar-refractivity contribution in [3.05, 3.63) is 0 Å². The molecule has 0 bridgehead atoms. The van der Waals surface area contributed by atoms with E-state index in [0.29, 0.717) is 6.54 Å². The molecule has 0 aliphatic heterocycles. The maximum atomic E-state index is 11.4. The van der Waals surface area contributed by atoms with E-state index in [1.807, 2.05) is 0 Å². The van der Waals surface area contributed by atoms with E-state index in [1.54, 1.807) is 0 Å². The predicted octanol–water partition coefficient (Wildman–Crippen LogP) is 3.84. The first-order valence-corrected chi connectivity index (χ1v) is 7.37. The van der Waals surface area contributed by atoms with Crippen LogP contribution < -0.4 is 5.32 Å². The third-order valence-electron chi connectivity index (χ3n) is 3.16. The van der Waals surface area contributed by atoms with Gasteiger partial charge in [-0.25, -0.2) is 4.79 Å². The summed E-state index contributed by atoms with van der Waals surface area (Å²) in [7, 11) is 0. The summed E-state index contributed by atoms with van der Waals surface area (Å²) in [6, 6.07) is 0. The molecular weight excluding hydrogens is 238 g/mol. The van der Waals surface area contributed by atoms with Crippen molar-refractivity contribution < 1.29 is 9.53 Å². The molecule has 17 heavy (non-hydrogen) atoms. The zero-order chi connectivity index (χ0) is 12.3. The number of halogens is 1. The largest absolute Gasteiger partial charge is 0.446 e. The number of nitrogens with one attached hydrogen (secondary N) is 1. The number of alkyl carbamates (subject to hydrolysis) is 1. The summed E-state index contributed by atoms with van der Waals surface area (Å²) in [4.78, 5) is 11.4. The fraction of sp³-hybridized carbons (Fsp3) is 0.923. The van der Waals surface area contributed by atoms with Gasteiger partial charge in [0.05, 0.1) is 0 Å². The summed E-state index contributed by atoms with van der Waals surface area (Å²) in [6.07, 6.45) is 9.97. The minimum absolute atomic E-state index is 0.153. The zero-order valence-electron chi connectivity index (χ0n) is 10.5. The molecule has 1 rings (SSSR count). The molecule has 4 heteroatoms. The molecule has 1 aliphatic rings. The van der Waals surface area contributed by atoms with Gasteiger partial charge in [0.1, 0.15) is 6.10 Å². The number of alkyl halides is 1. The molecule has 0 unspecified atom stereocenters. The molecule has 0 atom stereocenters. The molecule has 3 nitrogen and oxygen atoms in total. The third-order valence-corrected chi connectivity index (χ3v) is 3.42. The molecule has 1 N–H and O–H groups in total. The van der Waals surface area contributed by atoms with E-state index in [9.17, 15) is 4.79 Å². The van der Waals surface area contributed by atoms with E-state index in [-0.39, 0.29) is 12.2 Å². The van der Waals surface area contributed by atoms with Crippen molar-refractivity contribution in [2.45, 2.75) is 63.9 Å². The Labute approximate surface area is 109 Å². The summed E-state index contributed by atoms with van der Waals surface area (Å²) < 4.78 is 5.35. The lowest BCUT2D eigenvalue weighted by molar-refractivity contribution is 0.0753. The highest BCUT2D eigenvalue weighted by Gasteiger charge is 2.16. The maximum Gasteiger partial charge on any atom is 0.407 e. The molecule has 0 saturated heterocycles. The second-order valence-corrected chi connectivity index (χ2v) is 5.07. The zero-order valence-corrected chi connectivity index (χ0v) is 11.3. The molecular formula is C13H24ClNO2. The minimum atomic E-state index is -0.241. The summed E-state index contributed by atoms with van der Waals surface area (Å²) in [6.45, 7) is 0.716. The van der Waals surface area contributed by atoms with Gasteiger partial charge in [0.25, 0.3) is 0 Å². The SMILES string of the molecule is O=C(NCCCCCCCl)OC1CCCCC1. The number of carbonyl (C=O) groups excluding carboxylic acids is 1. The molecule has 1 saturated carbocycles. The van der Waals surface area contributed by atoms with Crippen molar-refractivity contribution in [3.63, 3.8) is 0 Å². The number of hydrogen-bond acceptors (Lipinski definition) is 2. The summed E-state index contributed by atoms with van der Waals surface area (Å²) >= 11 is 5.58. The number of rotatable bonds is 7. The Morgan fingerprint density at radius 2 is 1.82 bits per heavy atom. The van der Waals surface area contributed by atoms with Gasteiger partial charge >= 0.3 is 6.09 Å². The van der Waals surface area contributed by atoms with E-state index < -0.39 is 0 Å². The molecule has 0 heterocycles. The van der Waals surface area contributed by atoms with E-state index in [1.165, 1.54) is 19.3 Å². The van der Waals surface area contributed by atoms with Crippen LogP contribution in [0.15, 0.2) is 0 Å². The van der Waals surface area contributed by atoms with Crippen molar-refractivity contribution in [2.75, 3.05) is 12.4 Å². The van der Waals surface area contributed by atoms with Gasteiger partial charge in [0.15, 0.2) is 0 Å². The number of amides is 1. The minimum Gasteiger partial charge on any atom is -0.446 e. The smallest absolute Gasteiger partial charge is 0.407 e. The molecule has 1 fully saturated rings. The van der Waals surface area contributed by atoms with Crippen LogP contribution in [0.3, 0.4) is 0 Å². The highest BCUT2D eigenvalue weighted by molar-refractivity contribution is 6.17. The van der Waals surface area contributed by atoms with Crippen molar-refractivity contribution in [1.29, 1.82) is 0 Å². The second-order valence-electron chi connectivity index (χ2n) is 4.70. The van der Waals surface area contributed by atoms with Gasteiger partial charge in [-0.05, 0) is 38.5 Å². The van der Waals surface area contributed by atoms with E-state index in [0.717, 1.165) is 44.4 Å². The van der Waals surface area contributed by atoms with E-state index in [2.05, 4.69) is 5.32 Å². The third kappa shape index (κ3) is 7.48. The summed E-state index contributed by atoms with van der Waals surface area (Å²) in [5.41, 5.74) is 0. The fourth-order valence-electron chi connectivity index (χ4n) is 2.14. The standard InChI is InChI=1S/C13H24ClNO2/c14-10-6-1-2-7-11-15-13(16)17-12-8-4-3-5-9-12/h12H,1-11H2,(H,15,16). The first-order chi connectivity index (χ1) is 8.33. The molecule has 1 amide bonds. The maximum absolute atomic E-state index is 11.4. The lowest BCUT2D eigenvalue weighted by Crippen LogP contribution is -2.30. The lowest BCUT2D eigenvalue weighted by Gasteiger charge is -2.21.